The zero-order valence-corrected chi connectivity index (χ0v) is 15.6. The van der Waals surface area contributed by atoms with Crippen LogP contribution in [0.4, 0.5) is 0 Å². The van der Waals surface area contributed by atoms with Crippen LogP contribution in [0.25, 0.3) is 0 Å². The van der Waals surface area contributed by atoms with Gasteiger partial charge in [0.25, 0.3) is 0 Å². The molecule has 0 amide bonds. The predicted molar refractivity (Wildman–Crippen MR) is 93.7 cm³/mol. The summed E-state index contributed by atoms with van der Waals surface area (Å²) in [6.45, 7) is 8.59. The van der Waals surface area contributed by atoms with E-state index in [2.05, 4.69) is 10.3 Å². The molecule has 0 bridgehead atoms. The largest absolute Gasteiger partial charge is 0.466 e. The molecular weight excluding hydrogens is 330 g/mol. The van der Waals surface area contributed by atoms with Crippen molar-refractivity contribution in [3.8, 4) is 0 Å². The third kappa shape index (κ3) is 3.92. The molecule has 8 heteroatoms. The Balaban J connectivity index is 2.17. The Labute approximate surface area is 143 Å². The first kappa shape index (κ1) is 18.8. The monoisotopic (exact) mass is 357 g/mol. The Morgan fingerprint density at radius 2 is 2.25 bits per heavy atom. The van der Waals surface area contributed by atoms with E-state index < -0.39 is 20.2 Å². The van der Waals surface area contributed by atoms with Crippen molar-refractivity contribution in [1.82, 2.24) is 10.2 Å². The van der Waals surface area contributed by atoms with Gasteiger partial charge in [-0.15, -0.1) is 0 Å². The van der Waals surface area contributed by atoms with E-state index in [1.807, 2.05) is 11.8 Å². The van der Waals surface area contributed by atoms with Crippen molar-refractivity contribution in [3.63, 3.8) is 0 Å². The molecule has 2 N–H and O–H groups in total. The Morgan fingerprint density at radius 3 is 2.79 bits per heavy atom. The molecule has 1 aromatic heterocycles. The van der Waals surface area contributed by atoms with Gasteiger partial charge in [-0.2, -0.15) is 0 Å². The highest BCUT2D eigenvalue weighted by atomic mass is 32.2. The summed E-state index contributed by atoms with van der Waals surface area (Å²) in [4.78, 5) is 6.44. The van der Waals surface area contributed by atoms with Gasteiger partial charge in [0.15, 0.2) is 15.8 Å². The van der Waals surface area contributed by atoms with Gasteiger partial charge >= 0.3 is 0 Å². The lowest BCUT2D eigenvalue weighted by Gasteiger charge is -2.39. The first-order valence-electron chi connectivity index (χ1n) is 8.11. The Morgan fingerprint density at radius 1 is 1.54 bits per heavy atom. The molecule has 1 fully saturated rings. The molecule has 7 nitrogen and oxygen atoms in total. The average Bonchev–Trinajstić information content (AvgIpc) is 3.01. The minimum Gasteiger partial charge on any atom is -0.466 e. The summed E-state index contributed by atoms with van der Waals surface area (Å²) in [5.74, 6) is 1.15. The second kappa shape index (κ2) is 6.76. The third-order valence-electron chi connectivity index (χ3n) is 4.27. The fourth-order valence-electron chi connectivity index (χ4n) is 2.64. The second-order valence-corrected chi connectivity index (χ2v) is 9.66. The maximum atomic E-state index is 12.2. The van der Waals surface area contributed by atoms with Gasteiger partial charge in [0.1, 0.15) is 11.4 Å². The minimum atomic E-state index is -3.11. The van der Waals surface area contributed by atoms with Crippen LogP contribution in [0, 0.1) is 0 Å². The fraction of sp³-hybridized carbons (Fsp3) is 0.688. The van der Waals surface area contributed by atoms with Gasteiger partial charge in [-0.3, -0.25) is 0 Å². The molecule has 1 aliphatic heterocycles. The average molecular weight is 357 g/mol. The van der Waals surface area contributed by atoms with E-state index in [9.17, 15) is 13.5 Å². The maximum absolute atomic E-state index is 12.2. The van der Waals surface area contributed by atoms with Gasteiger partial charge in [-0.25, -0.2) is 13.4 Å². The van der Waals surface area contributed by atoms with Crippen LogP contribution in [0.1, 0.15) is 33.5 Å². The lowest BCUT2D eigenvalue weighted by Crippen LogP contribution is -2.57. The van der Waals surface area contributed by atoms with Gasteiger partial charge in [-0.05, 0) is 39.8 Å². The lowest BCUT2D eigenvalue weighted by molar-refractivity contribution is 0.0434. The number of nitrogens with one attached hydrogen (secondary N) is 1. The number of nitrogens with zero attached hydrogens (tertiary/aromatic N) is 2. The van der Waals surface area contributed by atoms with Crippen molar-refractivity contribution in [3.05, 3.63) is 24.2 Å². The Kier molecular flexibility index (Phi) is 5.29. The number of aliphatic hydroxyl groups is 1. The molecule has 0 aromatic carbocycles. The van der Waals surface area contributed by atoms with Crippen LogP contribution in [0.5, 0.6) is 0 Å². The number of guanidine groups is 1. The second-order valence-electron chi connectivity index (χ2n) is 6.92. The SMILES string of the molecule is CCNC(=NCC(C)(O)c1ccco1)N1CCS(=O)(=O)C(C)(C)C1. The molecule has 1 atom stereocenters. The molecule has 24 heavy (non-hydrogen) atoms. The van der Waals surface area contributed by atoms with Crippen molar-refractivity contribution in [1.29, 1.82) is 0 Å². The molecule has 0 aliphatic carbocycles. The molecule has 0 radical (unpaired) electrons. The molecule has 1 unspecified atom stereocenters. The molecular formula is C16H27N3O4S. The molecule has 1 aromatic rings. The topological polar surface area (TPSA) is 95.1 Å². The highest BCUT2D eigenvalue weighted by molar-refractivity contribution is 7.92. The van der Waals surface area contributed by atoms with E-state index in [0.29, 0.717) is 31.4 Å². The van der Waals surface area contributed by atoms with Crippen LogP contribution in [-0.4, -0.2) is 61.1 Å². The zero-order chi connectivity index (χ0) is 18.0. The van der Waals surface area contributed by atoms with E-state index in [1.165, 1.54) is 6.26 Å². The standard InChI is InChI=1S/C16H27N3O4S/c1-5-17-14(18-11-16(4,20)13-7-6-9-23-13)19-8-10-24(21,22)15(2,3)12-19/h6-7,9,20H,5,8,10-12H2,1-4H3,(H,17,18). The van der Waals surface area contributed by atoms with Crippen molar-refractivity contribution in [2.24, 2.45) is 4.99 Å². The summed E-state index contributed by atoms with van der Waals surface area (Å²) in [5.41, 5.74) is -1.22. The Hall–Kier alpha value is -1.54. The molecule has 0 spiro atoms. The first-order valence-corrected chi connectivity index (χ1v) is 9.76. The van der Waals surface area contributed by atoms with Crippen LogP contribution >= 0.6 is 0 Å². The van der Waals surface area contributed by atoms with Crippen molar-refractivity contribution in [2.45, 2.75) is 38.0 Å². The number of hydrogen-bond donors (Lipinski definition) is 2. The minimum absolute atomic E-state index is 0.0962. The maximum Gasteiger partial charge on any atom is 0.194 e. The van der Waals surface area contributed by atoms with Crippen LogP contribution in [0.15, 0.2) is 27.8 Å². The summed E-state index contributed by atoms with van der Waals surface area (Å²) in [5, 5.41) is 13.7. The van der Waals surface area contributed by atoms with E-state index >= 15 is 0 Å². The van der Waals surface area contributed by atoms with Crippen LogP contribution < -0.4 is 5.32 Å². The van der Waals surface area contributed by atoms with Gasteiger partial charge in [0.05, 0.1) is 23.3 Å². The van der Waals surface area contributed by atoms with E-state index in [0.717, 1.165) is 0 Å². The number of furan rings is 1. The highest BCUT2D eigenvalue weighted by Crippen LogP contribution is 2.25. The van der Waals surface area contributed by atoms with Gasteiger partial charge in [-0.1, -0.05) is 0 Å². The summed E-state index contributed by atoms with van der Waals surface area (Å²) in [7, 11) is -3.11. The van der Waals surface area contributed by atoms with Crippen LogP contribution in [-0.2, 0) is 15.4 Å². The summed E-state index contributed by atoms with van der Waals surface area (Å²) >= 11 is 0. The van der Waals surface area contributed by atoms with E-state index in [4.69, 9.17) is 4.42 Å². The van der Waals surface area contributed by atoms with Gasteiger partial charge in [0, 0.05) is 19.6 Å². The lowest BCUT2D eigenvalue weighted by atomic mass is 10.0. The first-order chi connectivity index (χ1) is 11.1. The summed E-state index contributed by atoms with van der Waals surface area (Å²) in [6.07, 6.45) is 1.51. The fourth-order valence-corrected chi connectivity index (χ4v) is 4.01. The highest BCUT2D eigenvalue weighted by Gasteiger charge is 2.41. The Bertz CT molecular complexity index is 678. The number of hydrogen-bond acceptors (Lipinski definition) is 5. The zero-order valence-electron chi connectivity index (χ0n) is 14.7. The van der Waals surface area contributed by atoms with E-state index in [-0.39, 0.29) is 12.3 Å². The third-order valence-corrected chi connectivity index (χ3v) is 6.80. The van der Waals surface area contributed by atoms with Crippen LogP contribution in [0.2, 0.25) is 0 Å². The smallest absolute Gasteiger partial charge is 0.194 e. The van der Waals surface area contributed by atoms with Gasteiger partial charge < -0.3 is 19.7 Å². The summed E-state index contributed by atoms with van der Waals surface area (Å²) < 4.78 is 28.8. The quantitative estimate of drug-likeness (QED) is 0.616. The summed E-state index contributed by atoms with van der Waals surface area (Å²) in [6, 6.07) is 3.43. The molecule has 136 valence electrons. The van der Waals surface area contributed by atoms with Crippen molar-refractivity contribution < 1.29 is 17.9 Å². The number of rotatable bonds is 4. The van der Waals surface area contributed by atoms with Crippen molar-refractivity contribution >= 4 is 15.8 Å². The van der Waals surface area contributed by atoms with Crippen LogP contribution in [0.3, 0.4) is 0 Å². The molecule has 2 heterocycles. The molecule has 1 aliphatic rings. The number of aliphatic imine (C=N–C) groups is 1. The van der Waals surface area contributed by atoms with Gasteiger partial charge in [0.2, 0.25) is 0 Å². The predicted octanol–water partition coefficient (Wildman–Crippen LogP) is 0.962. The normalized spacial score (nSPS) is 22.9. The molecule has 1 saturated heterocycles. The molecule has 2 rings (SSSR count). The number of sulfone groups is 1. The molecule has 0 saturated carbocycles. The van der Waals surface area contributed by atoms with Crippen molar-refractivity contribution in [2.75, 3.05) is 31.9 Å². The van der Waals surface area contributed by atoms with E-state index in [1.54, 1.807) is 32.9 Å².